The van der Waals surface area contributed by atoms with Crippen LogP contribution in [0.15, 0.2) is 5.57 Å². The molecule has 0 aromatic rings. The van der Waals surface area contributed by atoms with E-state index in [1.807, 2.05) is 0 Å². The van der Waals surface area contributed by atoms with Crippen molar-refractivity contribution in [2.45, 2.75) is 46.5 Å². The van der Waals surface area contributed by atoms with Crippen LogP contribution in [0.5, 0.6) is 0 Å². The number of hydrogen-bond acceptors (Lipinski definition) is 1. The third-order valence-corrected chi connectivity index (χ3v) is 2.50. The Morgan fingerprint density at radius 2 is 1.64 bits per heavy atom. The molecule has 0 atom stereocenters. The molecule has 0 bridgehead atoms. The molecule has 0 amide bonds. The van der Waals surface area contributed by atoms with E-state index in [-0.39, 0.29) is 17.1 Å². The summed E-state index contributed by atoms with van der Waals surface area (Å²) < 4.78 is 0. The van der Waals surface area contributed by atoms with Crippen molar-refractivity contribution in [2.75, 3.05) is 19.6 Å². The second kappa shape index (κ2) is 11.3. The van der Waals surface area contributed by atoms with Crippen molar-refractivity contribution < 1.29 is 17.1 Å². The summed E-state index contributed by atoms with van der Waals surface area (Å²) in [5, 5.41) is 0. The van der Waals surface area contributed by atoms with Crippen LogP contribution in [0.4, 0.5) is 0 Å². The molecule has 0 aliphatic rings. The number of nitrogens with zero attached hydrogens (tertiary/aromatic N) is 1. The largest absolute Gasteiger partial charge is 1.00 e. The molecule has 0 aromatic heterocycles. The maximum Gasteiger partial charge on any atom is 1.00 e. The van der Waals surface area contributed by atoms with Gasteiger partial charge in [0, 0.05) is 0 Å². The predicted octanol–water partition coefficient (Wildman–Crippen LogP) is 3.27. The van der Waals surface area contributed by atoms with Crippen LogP contribution in [0.1, 0.15) is 46.5 Å². The SMILES string of the molecule is [CH-]=C(CCCC)CCN(CC)CC.[Cu+]. The molecule has 88 valence electrons. The van der Waals surface area contributed by atoms with Gasteiger partial charge in [-0.15, -0.1) is 0 Å². The van der Waals surface area contributed by atoms with Crippen molar-refractivity contribution in [1.29, 1.82) is 0 Å². The van der Waals surface area contributed by atoms with Gasteiger partial charge in [-0.2, -0.15) is 0 Å². The van der Waals surface area contributed by atoms with E-state index >= 15 is 0 Å². The molecule has 0 unspecified atom stereocenters. The molecular formula is C12H24CuN. The van der Waals surface area contributed by atoms with Gasteiger partial charge >= 0.3 is 17.1 Å². The zero-order valence-electron chi connectivity index (χ0n) is 9.78. The number of unbranched alkanes of at least 4 members (excludes halogenated alkanes) is 1. The van der Waals surface area contributed by atoms with Gasteiger partial charge in [0.05, 0.1) is 0 Å². The van der Waals surface area contributed by atoms with Gasteiger partial charge in [0.15, 0.2) is 0 Å². The third-order valence-electron chi connectivity index (χ3n) is 2.50. The summed E-state index contributed by atoms with van der Waals surface area (Å²) in [6.45, 7) is 15.9. The number of rotatable bonds is 8. The molecule has 0 heterocycles. The fourth-order valence-electron chi connectivity index (χ4n) is 1.37. The quantitative estimate of drug-likeness (QED) is 0.469. The summed E-state index contributed by atoms with van der Waals surface area (Å²) in [7, 11) is 0. The first kappa shape index (κ1) is 16.6. The fraction of sp³-hybridized carbons (Fsp3) is 0.833. The summed E-state index contributed by atoms with van der Waals surface area (Å²) in [5.41, 5.74) is 1.17. The molecular weight excluding hydrogens is 222 g/mol. The van der Waals surface area contributed by atoms with E-state index in [0.717, 1.165) is 32.5 Å². The van der Waals surface area contributed by atoms with Crippen LogP contribution in [0.25, 0.3) is 0 Å². The molecule has 0 spiro atoms. The zero-order chi connectivity index (χ0) is 10.1. The Hall–Kier alpha value is 0.219. The summed E-state index contributed by atoms with van der Waals surface area (Å²) >= 11 is 0. The van der Waals surface area contributed by atoms with Crippen molar-refractivity contribution in [3.8, 4) is 0 Å². The molecule has 0 aliphatic heterocycles. The van der Waals surface area contributed by atoms with Crippen LogP contribution in [-0.4, -0.2) is 24.5 Å². The van der Waals surface area contributed by atoms with Gasteiger partial charge in [0.1, 0.15) is 0 Å². The van der Waals surface area contributed by atoms with E-state index in [9.17, 15) is 0 Å². The fourth-order valence-corrected chi connectivity index (χ4v) is 1.37. The second-order valence-corrected chi connectivity index (χ2v) is 3.54. The van der Waals surface area contributed by atoms with E-state index in [1.165, 1.54) is 18.4 Å². The summed E-state index contributed by atoms with van der Waals surface area (Å²) in [6, 6.07) is 0. The van der Waals surface area contributed by atoms with Gasteiger partial charge in [-0.25, -0.2) is 0 Å². The maximum atomic E-state index is 5.91. The second-order valence-electron chi connectivity index (χ2n) is 3.54. The molecule has 0 aromatic carbocycles. The van der Waals surface area contributed by atoms with E-state index in [4.69, 9.17) is 6.58 Å². The minimum absolute atomic E-state index is 0. The molecule has 0 N–H and O–H groups in total. The van der Waals surface area contributed by atoms with Crippen LogP contribution in [0.3, 0.4) is 0 Å². The van der Waals surface area contributed by atoms with Crippen LogP contribution < -0.4 is 0 Å². The Morgan fingerprint density at radius 3 is 2.07 bits per heavy atom. The maximum absolute atomic E-state index is 5.91. The summed E-state index contributed by atoms with van der Waals surface area (Å²) in [6.07, 6.45) is 4.66. The Morgan fingerprint density at radius 1 is 1.07 bits per heavy atom. The molecule has 0 aliphatic carbocycles. The molecule has 2 heteroatoms. The van der Waals surface area contributed by atoms with Crippen LogP contribution in [-0.2, 0) is 17.1 Å². The van der Waals surface area contributed by atoms with Crippen molar-refractivity contribution in [1.82, 2.24) is 4.90 Å². The van der Waals surface area contributed by atoms with E-state index < -0.39 is 0 Å². The molecule has 0 radical (unpaired) electrons. The molecule has 1 nitrogen and oxygen atoms in total. The Balaban J connectivity index is 0. The van der Waals surface area contributed by atoms with Gasteiger partial charge in [0.2, 0.25) is 0 Å². The van der Waals surface area contributed by atoms with E-state index in [0.29, 0.717) is 0 Å². The van der Waals surface area contributed by atoms with Gasteiger partial charge in [-0.05, 0) is 19.6 Å². The van der Waals surface area contributed by atoms with Crippen molar-refractivity contribution in [3.63, 3.8) is 0 Å². The predicted molar refractivity (Wildman–Crippen MR) is 59.7 cm³/mol. The third kappa shape index (κ3) is 8.80. The van der Waals surface area contributed by atoms with Crippen LogP contribution in [0.2, 0.25) is 0 Å². The van der Waals surface area contributed by atoms with Gasteiger partial charge in [-0.3, -0.25) is 5.57 Å². The molecule has 0 saturated heterocycles. The molecule has 0 rings (SSSR count). The minimum Gasteiger partial charge on any atom is -0.514 e. The zero-order valence-corrected chi connectivity index (χ0v) is 10.7. The topological polar surface area (TPSA) is 3.24 Å². The normalized spacial score (nSPS) is 10.0. The molecule has 0 fully saturated rings. The molecule has 0 saturated carbocycles. The van der Waals surface area contributed by atoms with Crippen molar-refractivity contribution in [2.24, 2.45) is 0 Å². The first-order valence-corrected chi connectivity index (χ1v) is 5.57. The average molecular weight is 246 g/mol. The number of hydrogen-bond donors (Lipinski definition) is 0. The molecule has 14 heavy (non-hydrogen) atoms. The van der Waals surface area contributed by atoms with Crippen LogP contribution >= 0.6 is 0 Å². The van der Waals surface area contributed by atoms with Crippen molar-refractivity contribution >= 4 is 0 Å². The Bertz CT molecular complexity index is 130. The van der Waals surface area contributed by atoms with Crippen LogP contribution in [0, 0.1) is 6.58 Å². The van der Waals surface area contributed by atoms with Gasteiger partial charge < -0.3 is 11.5 Å². The van der Waals surface area contributed by atoms with Gasteiger partial charge in [0.25, 0.3) is 0 Å². The van der Waals surface area contributed by atoms with Crippen molar-refractivity contribution in [3.05, 3.63) is 12.2 Å². The monoisotopic (exact) mass is 245 g/mol. The Labute approximate surface area is 100 Å². The smallest absolute Gasteiger partial charge is 0.514 e. The van der Waals surface area contributed by atoms with Gasteiger partial charge in [-0.1, -0.05) is 46.5 Å². The average Bonchev–Trinajstić information content (AvgIpc) is 2.16. The first-order chi connectivity index (χ1) is 6.24. The first-order valence-electron chi connectivity index (χ1n) is 5.57. The summed E-state index contributed by atoms with van der Waals surface area (Å²) in [5.74, 6) is 0. The minimum atomic E-state index is 0. The Kier molecular flexibility index (Phi) is 13.4. The van der Waals surface area contributed by atoms with E-state index in [1.54, 1.807) is 0 Å². The standard InChI is InChI=1S/C12H24N.Cu/c1-5-8-9-12(4)10-11-13(6-2)7-3;/h4H,5-11H2,1-3H3;/q-1;+1. The van der Waals surface area contributed by atoms with E-state index in [2.05, 4.69) is 25.7 Å². The summed E-state index contributed by atoms with van der Waals surface area (Å²) in [4.78, 5) is 2.42.